The first kappa shape index (κ1) is 10.6. The molecule has 1 unspecified atom stereocenters. The Morgan fingerprint density at radius 3 is 2.31 bits per heavy atom. The third-order valence-electron chi connectivity index (χ3n) is 4.61. The van der Waals surface area contributed by atoms with Crippen LogP contribution in [0.2, 0.25) is 0 Å². The molecule has 3 nitrogen and oxygen atoms in total. The van der Waals surface area contributed by atoms with E-state index >= 15 is 0 Å². The maximum absolute atomic E-state index is 12.0. The maximum atomic E-state index is 12.0. The normalized spacial score (nSPS) is 33.1. The smallest absolute Gasteiger partial charge is 0.238 e. The van der Waals surface area contributed by atoms with Gasteiger partial charge in [0, 0.05) is 6.04 Å². The highest BCUT2D eigenvalue weighted by atomic mass is 16.2. The minimum Gasteiger partial charge on any atom is -0.323 e. The summed E-state index contributed by atoms with van der Waals surface area (Å²) >= 11 is 0. The number of carbonyl (C=O) groups is 1. The van der Waals surface area contributed by atoms with Gasteiger partial charge in [-0.25, -0.2) is 0 Å². The van der Waals surface area contributed by atoms with Crippen molar-refractivity contribution < 1.29 is 4.79 Å². The van der Waals surface area contributed by atoms with E-state index in [0.717, 1.165) is 5.92 Å². The van der Waals surface area contributed by atoms with Crippen molar-refractivity contribution in [2.75, 3.05) is 6.54 Å². The predicted molar refractivity (Wildman–Crippen MR) is 62.9 cm³/mol. The van der Waals surface area contributed by atoms with Crippen molar-refractivity contribution in [3.8, 4) is 0 Å². The van der Waals surface area contributed by atoms with Gasteiger partial charge >= 0.3 is 0 Å². The molecule has 1 amide bonds. The lowest BCUT2D eigenvalue weighted by molar-refractivity contribution is -0.131. The molecule has 1 saturated heterocycles. The maximum Gasteiger partial charge on any atom is 0.238 e. The zero-order valence-electron chi connectivity index (χ0n) is 9.95. The Kier molecular flexibility index (Phi) is 2.88. The van der Waals surface area contributed by atoms with Crippen LogP contribution >= 0.6 is 0 Å². The average molecular weight is 222 g/mol. The molecule has 2 saturated carbocycles. The molecule has 3 rings (SSSR count). The summed E-state index contributed by atoms with van der Waals surface area (Å²) in [4.78, 5) is 14.2. The van der Waals surface area contributed by atoms with Crippen molar-refractivity contribution in [3.05, 3.63) is 0 Å². The summed E-state index contributed by atoms with van der Waals surface area (Å²) in [6, 6.07) is 0.549. The molecule has 0 radical (unpaired) electrons. The molecule has 2 aliphatic carbocycles. The molecular weight excluding hydrogens is 200 g/mol. The number of hydrogen-bond acceptors (Lipinski definition) is 2. The van der Waals surface area contributed by atoms with E-state index in [1.807, 2.05) is 0 Å². The molecule has 0 aromatic carbocycles. The van der Waals surface area contributed by atoms with Gasteiger partial charge in [-0.3, -0.25) is 10.1 Å². The molecule has 0 aromatic heterocycles. The largest absolute Gasteiger partial charge is 0.323 e. The van der Waals surface area contributed by atoms with Crippen molar-refractivity contribution in [1.29, 1.82) is 0 Å². The van der Waals surface area contributed by atoms with E-state index in [1.54, 1.807) is 0 Å². The van der Waals surface area contributed by atoms with Crippen molar-refractivity contribution in [3.63, 3.8) is 0 Å². The van der Waals surface area contributed by atoms with E-state index in [-0.39, 0.29) is 0 Å². The molecule has 3 fully saturated rings. The van der Waals surface area contributed by atoms with Gasteiger partial charge in [0.25, 0.3) is 0 Å². The van der Waals surface area contributed by atoms with E-state index in [4.69, 9.17) is 0 Å². The van der Waals surface area contributed by atoms with Gasteiger partial charge in [0.05, 0.1) is 12.7 Å². The van der Waals surface area contributed by atoms with Gasteiger partial charge in [-0.2, -0.15) is 0 Å². The molecule has 1 N–H and O–H groups in total. The molecule has 1 aliphatic heterocycles. The molecule has 90 valence electrons. The highest BCUT2D eigenvalue weighted by molar-refractivity contribution is 5.81. The molecule has 16 heavy (non-hydrogen) atoms. The van der Waals surface area contributed by atoms with Gasteiger partial charge in [0.1, 0.15) is 0 Å². The monoisotopic (exact) mass is 222 g/mol. The van der Waals surface area contributed by atoms with E-state index in [1.165, 1.54) is 51.4 Å². The van der Waals surface area contributed by atoms with Crippen molar-refractivity contribution in [2.24, 2.45) is 5.92 Å². The third kappa shape index (κ3) is 1.75. The Balaban J connectivity index is 1.73. The van der Waals surface area contributed by atoms with Crippen LogP contribution in [0.1, 0.15) is 51.4 Å². The van der Waals surface area contributed by atoms with Gasteiger partial charge in [-0.1, -0.05) is 25.7 Å². The van der Waals surface area contributed by atoms with Gasteiger partial charge in [0.2, 0.25) is 5.91 Å². The highest BCUT2D eigenvalue weighted by Crippen LogP contribution is 2.34. The van der Waals surface area contributed by atoms with Gasteiger partial charge in [0.15, 0.2) is 0 Å². The summed E-state index contributed by atoms with van der Waals surface area (Å²) in [5.41, 5.74) is 0. The topological polar surface area (TPSA) is 32.3 Å². The summed E-state index contributed by atoms with van der Waals surface area (Å²) in [7, 11) is 0. The fourth-order valence-electron chi connectivity index (χ4n) is 3.82. The average Bonchev–Trinajstić information content (AvgIpc) is 2.96. The Labute approximate surface area is 97.6 Å². The lowest BCUT2D eigenvalue weighted by Crippen LogP contribution is -2.47. The minimum atomic E-state index is 0.351. The third-order valence-corrected chi connectivity index (χ3v) is 4.61. The minimum absolute atomic E-state index is 0.351. The Hall–Kier alpha value is -0.570. The van der Waals surface area contributed by atoms with Crippen molar-refractivity contribution >= 4 is 5.91 Å². The molecule has 1 atom stereocenters. The zero-order chi connectivity index (χ0) is 11.0. The second-order valence-corrected chi connectivity index (χ2v) is 5.61. The van der Waals surface area contributed by atoms with Gasteiger partial charge < -0.3 is 4.90 Å². The Morgan fingerprint density at radius 2 is 1.62 bits per heavy atom. The summed E-state index contributed by atoms with van der Waals surface area (Å²) < 4.78 is 0. The first-order valence-electron chi connectivity index (χ1n) is 6.91. The molecular formula is C13H22N2O. The number of nitrogens with one attached hydrogen (secondary N) is 1. The lowest BCUT2D eigenvalue weighted by atomic mass is 10.0. The van der Waals surface area contributed by atoms with Gasteiger partial charge in [-0.15, -0.1) is 0 Å². The fourth-order valence-corrected chi connectivity index (χ4v) is 3.82. The molecule has 3 heteroatoms. The molecule has 0 aromatic rings. The van der Waals surface area contributed by atoms with Crippen LogP contribution in [0, 0.1) is 5.92 Å². The van der Waals surface area contributed by atoms with Crippen LogP contribution in [-0.4, -0.2) is 29.6 Å². The summed E-state index contributed by atoms with van der Waals surface area (Å²) in [5.74, 6) is 1.08. The van der Waals surface area contributed by atoms with E-state index in [9.17, 15) is 4.79 Å². The highest BCUT2D eigenvalue weighted by Gasteiger charge is 2.41. The summed E-state index contributed by atoms with van der Waals surface area (Å²) in [6.07, 6.45) is 10.8. The fraction of sp³-hybridized carbons (Fsp3) is 0.923. The molecule has 1 heterocycles. The number of nitrogens with zero attached hydrogens (tertiary/aromatic N) is 1. The van der Waals surface area contributed by atoms with Crippen molar-refractivity contribution in [2.45, 2.75) is 63.6 Å². The first-order valence-corrected chi connectivity index (χ1v) is 6.91. The summed E-state index contributed by atoms with van der Waals surface area (Å²) in [6.45, 7) is 0.581. The van der Waals surface area contributed by atoms with E-state index in [2.05, 4.69) is 10.2 Å². The first-order chi connectivity index (χ1) is 7.86. The Morgan fingerprint density at radius 1 is 1.00 bits per heavy atom. The molecule has 0 spiro atoms. The predicted octanol–water partition coefficient (Wildman–Crippen LogP) is 1.88. The molecule has 0 bridgehead atoms. The number of rotatable bonds is 2. The lowest BCUT2D eigenvalue weighted by Gasteiger charge is -2.33. The van der Waals surface area contributed by atoms with Crippen LogP contribution in [0.4, 0.5) is 0 Å². The van der Waals surface area contributed by atoms with Crippen LogP contribution in [0.25, 0.3) is 0 Å². The zero-order valence-corrected chi connectivity index (χ0v) is 9.95. The number of hydrogen-bond donors (Lipinski definition) is 1. The van der Waals surface area contributed by atoms with Crippen LogP contribution in [0.5, 0.6) is 0 Å². The van der Waals surface area contributed by atoms with E-state index < -0.39 is 0 Å². The number of carbonyl (C=O) groups excluding carboxylic acids is 1. The van der Waals surface area contributed by atoms with Crippen molar-refractivity contribution in [1.82, 2.24) is 10.2 Å². The summed E-state index contributed by atoms with van der Waals surface area (Å²) in [5, 5.41) is 3.45. The van der Waals surface area contributed by atoms with Gasteiger partial charge in [-0.05, 0) is 31.6 Å². The standard InChI is InChI=1S/C13H22N2O/c16-12-9-14-13(10-5-1-2-6-10)15(12)11-7-3-4-8-11/h10-11,13-14H,1-9H2. The quantitative estimate of drug-likeness (QED) is 0.773. The Bertz CT molecular complexity index is 267. The van der Waals surface area contributed by atoms with Crippen LogP contribution < -0.4 is 5.32 Å². The van der Waals surface area contributed by atoms with E-state index in [0.29, 0.717) is 24.7 Å². The van der Waals surface area contributed by atoms with Crippen LogP contribution in [-0.2, 0) is 4.79 Å². The number of amides is 1. The van der Waals surface area contributed by atoms with Crippen LogP contribution in [0.15, 0.2) is 0 Å². The molecule has 3 aliphatic rings. The second-order valence-electron chi connectivity index (χ2n) is 5.61. The van der Waals surface area contributed by atoms with Crippen LogP contribution in [0.3, 0.4) is 0 Å². The second kappa shape index (κ2) is 4.36. The SMILES string of the molecule is O=C1CNC(C2CCCC2)N1C1CCCC1.